The van der Waals surface area contributed by atoms with Crippen molar-refractivity contribution in [2.45, 2.75) is 31.4 Å². The van der Waals surface area contributed by atoms with E-state index < -0.39 is 24.0 Å². The minimum Gasteiger partial charge on any atom is -0.497 e. The first-order valence-corrected chi connectivity index (χ1v) is 10.6. The van der Waals surface area contributed by atoms with E-state index in [2.05, 4.69) is 22.5 Å². The highest BCUT2D eigenvalue weighted by atomic mass is 79.9. The molecule has 162 valence electrons. The fourth-order valence-electron chi connectivity index (χ4n) is 3.42. The Labute approximate surface area is 189 Å². The lowest BCUT2D eigenvalue weighted by molar-refractivity contribution is -0.126. The van der Waals surface area contributed by atoms with Crippen molar-refractivity contribution in [3.8, 4) is 11.5 Å². The Morgan fingerprint density at radius 3 is 2.42 bits per heavy atom. The number of hydrogen-bond donors (Lipinski definition) is 1. The van der Waals surface area contributed by atoms with Gasteiger partial charge in [-0.2, -0.15) is 0 Å². The summed E-state index contributed by atoms with van der Waals surface area (Å²) < 4.78 is 11.5. The molecule has 0 radical (unpaired) electrons. The molecule has 0 saturated heterocycles. The van der Waals surface area contributed by atoms with Crippen molar-refractivity contribution >= 4 is 27.8 Å². The number of methoxy groups -OCH3 is 1. The van der Waals surface area contributed by atoms with Crippen LogP contribution >= 0.6 is 15.9 Å². The van der Waals surface area contributed by atoms with E-state index in [9.17, 15) is 14.7 Å². The second-order valence-electron chi connectivity index (χ2n) is 7.17. The van der Waals surface area contributed by atoms with Crippen LogP contribution in [0.3, 0.4) is 0 Å². The van der Waals surface area contributed by atoms with Gasteiger partial charge in [-0.3, -0.25) is 9.69 Å². The molecule has 0 aliphatic carbocycles. The van der Waals surface area contributed by atoms with E-state index in [1.54, 1.807) is 43.5 Å². The molecule has 6 nitrogen and oxygen atoms in total. The maximum Gasteiger partial charge on any atom is 0.419 e. The Bertz CT molecular complexity index is 971. The van der Waals surface area contributed by atoms with E-state index in [0.29, 0.717) is 30.0 Å². The molecule has 1 amide bonds. The molecule has 0 aromatic heterocycles. The van der Waals surface area contributed by atoms with Crippen molar-refractivity contribution < 1.29 is 24.2 Å². The zero-order valence-electron chi connectivity index (χ0n) is 17.2. The van der Waals surface area contributed by atoms with Crippen LogP contribution in [0.2, 0.25) is 0 Å². The second kappa shape index (κ2) is 10.4. The standard InChI is InChI=1S/C24H24BrNO5/c1-16(25)8-11-18-15-22(27)23(28)21(14-17-9-12-19(30-2)13-10-17)26(18)24(29)31-20-6-4-3-5-7-20/h3-7,9-10,12-13,15,21,23,28H,1,8,11,14H2,2H3/t21-,23-/m0/s1. The average molecular weight is 486 g/mol. The smallest absolute Gasteiger partial charge is 0.419 e. The lowest BCUT2D eigenvalue weighted by atomic mass is 9.92. The third-order valence-electron chi connectivity index (χ3n) is 5.01. The number of benzene rings is 2. The van der Waals surface area contributed by atoms with Crippen molar-refractivity contribution in [2.75, 3.05) is 7.11 Å². The maximum atomic E-state index is 13.2. The number of carbonyl (C=O) groups excluding carboxylic acids is 2. The third-order valence-corrected chi connectivity index (χ3v) is 5.40. The molecular weight excluding hydrogens is 462 g/mol. The first-order valence-electron chi connectivity index (χ1n) is 9.84. The van der Waals surface area contributed by atoms with Gasteiger partial charge in [-0.25, -0.2) is 4.79 Å². The summed E-state index contributed by atoms with van der Waals surface area (Å²) in [6.07, 6.45) is 0.500. The van der Waals surface area contributed by atoms with Crippen molar-refractivity contribution in [2.24, 2.45) is 0 Å². The van der Waals surface area contributed by atoms with Gasteiger partial charge in [0.1, 0.15) is 17.6 Å². The summed E-state index contributed by atoms with van der Waals surface area (Å²) in [5.41, 5.74) is 1.33. The van der Waals surface area contributed by atoms with Crippen LogP contribution in [0.4, 0.5) is 4.79 Å². The molecule has 3 rings (SSSR count). The number of halogens is 1. The predicted octanol–water partition coefficient (Wildman–Crippen LogP) is 4.62. The van der Waals surface area contributed by atoms with Crippen molar-refractivity contribution in [1.29, 1.82) is 0 Å². The number of hydrogen-bond acceptors (Lipinski definition) is 5. The van der Waals surface area contributed by atoms with Gasteiger partial charge >= 0.3 is 6.09 Å². The van der Waals surface area contributed by atoms with Crippen molar-refractivity contribution in [3.63, 3.8) is 0 Å². The highest BCUT2D eigenvalue weighted by Crippen LogP contribution is 2.29. The first-order chi connectivity index (χ1) is 14.9. The Kier molecular flexibility index (Phi) is 7.65. The average Bonchev–Trinajstić information content (AvgIpc) is 2.76. The van der Waals surface area contributed by atoms with E-state index in [4.69, 9.17) is 9.47 Å². The van der Waals surface area contributed by atoms with Crippen LogP contribution in [-0.2, 0) is 11.2 Å². The number of ketones is 1. The van der Waals surface area contributed by atoms with Crippen LogP contribution < -0.4 is 9.47 Å². The number of para-hydroxylation sites is 1. The Balaban J connectivity index is 1.92. The number of aliphatic hydroxyl groups is 1. The van der Waals surface area contributed by atoms with E-state index in [1.165, 1.54) is 11.0 Å². The summed E-state index contributed by atoms with van der Waals surface area (Å²) in [5.74, 6) is 0.643. The molecule has 1 N–H and O–H groups in total. The molecule has 2 aromatic carbocycles. The Morgan fingerprint density at radius 2 is 1.81 bits per heavy atom. The van der Waals surface area contributed by atoms with Gasteiger partial charge in [-0.05, 0) is 53.6 Å². The molecule has 0 spiro atoms. The van der Waals surface area contributed by atoms with Crippen LogP contribution in [0.25, 0.3) is 0 Å². The van der Waals surface area contributed by atoms with Crippen molar-refractivity contribution in [1.82, 2.24) is 4.90 Å². The molecular formula is C24H24BrNO5. The summed E-state index contributed by atoms with van der Waals surface area (Å²) in [4.78, 5) is 27.1. The minimum absolute atomic E-state index is 0.271. The molecule has 31 heavy (non-hydrogen) atoms. The number of allylic oxidation sites excluding steroid dienone is 2. The molecule has 0 bridgehead atoms. The Hall–Kier alpha value is -2.90. The quantitative estimate of drug-likeness (QED) is 0.618. The Morgan fingerprint density at radius 1 is 1.13 bits per heavy atom. The summed E-state index contributed by atoms with van der Waals surface area (Å²) in [5, 5.41) is 10.7. The molecule has 2 aromatic rings. The van der Waals surface area contributed by atoms with Gasteiger partial charge in [-0.15, -0.1) is 0 Å². The molecule has 0 fully saturated rings. The molecule has 1 aliphatic heterocycles. The SMILES string of the molecule is C=C(Br)CCC1=CC(=O)[C@@H](O)[C@H](Cc2ccc(OC)cc2)N1C(=O)Oc1ccccc1. The number of ether oxygens (including phenoxy) is 2. The van der Waals surface area contributed by atoms with Crippen LogP contribution in [0.1, 0.15) is 18.4 Å². The van der Waals surface area contributed by atoms with E-state index in [0.717, 1.165) is 10.0 Å². The second-order valence-corrected chi connectivity index (χ2v) is 8.29. The molecule has 1 heterocycles. The van der Waals surface area contributed by atoms with Crippen LogP contribution in [-0.4, -0.2) is 41.1 Å². The lowest BCUT2D eigenvalue weighted by Gasteiger charge is -2.38. The topological polar surface area (TPSA) is 76.1 Å². The van der Waals surface area contributed by atoms with Gasteiger partial charge in [0.15, 0.2) is 5.78 Å². The number of aliphatic hydroxyl groups excluding tert-OH is 1. The van der Waals surface area contributed by atoms with Gasteiger partial charge in [0.25, 0.3) is 0 Å². The monoisotopic (exact) mass is 485 g/mol. The maximum absolute atomic E-state index is 13.2. The van der Waals surface area contributed by atoms with Gasteiger partial charge in [0.05, 0.1) is 13.2 Å². The van der Waals surface area contributed by atoms with Gasteiger partial charge in [0.2, 0.25) is 0 Å². The fourth-order valence-corrected chi connectivity index (χ4v) is 3.61. The zero-order chi connectivity index (χ0) is 22.4. The molecule has 2 atom stereocenters. The highest BCUT2D eigenvalue weighted by Gasteiger charge is 2.40. The number of carbonyl (C=O) groups is 2. The van der Waals surface area contributed by atoms with Crippen LogP contribution in [0.15, 0.2) is 77.4 Å². The molecule has 7 heteroatoms. The number of amides is 1. The fraction of sp³-hybridized carbons (Fsp3) is 0.250. The summed E-state index contributed by atoms with van der Waals surface area (Å²) in [6.45, 7) is 3.82. The molecule has 0 unspecified atom stereocenters. The van der Waals surface area contributed by atoms with Gasteiger partial charge in [0, 0.05) is 11.8 Å². The zero-order valence-corrected chi connectivity index (χ0v) is 18.7. The molecule has 0 saturated carbocycles. The van der Waals surface area contributed by atoms with E-state index >= 15 is 0 Å². The van der Waals surface area contributed by atoms with Crippen LogP contribution in [0, 0.1) is 0 Å². The lowest BCUT2D eigenvalue weighted by Crippen LogP contribution is -2.54. The summed E-state index contributed by atoms with van der Waals surface area (Å²) >= 11 is 3.32. The predicted molar refractivity (Wildman–Crippen MR) is 121 cm³/mol. The number of nitrogens with zero attached hydrogens (tertiary/aromatic N) is 1. The number of rotatable bonds is 7. The highest BCUT2D eigenvalue weighted by molar-refractivity contribution is 9.11. The summed E-state index contributed by atoms with van der Waals surface area (Å²) in [6, 6.07) is 15.2. The molecule has 1 aliphatic rings. The van der Waals surface area contributed by atoms with E-state index in [-0.39, 0.29) is 6.42 Å². The first kappa shape index (κ1) is 22.8. The van der Waals surface area contributed by atoms with Crippen molar-refractivity contribution in [3.05, 3.63) is 83.0 Å². The normalized spacial score (nSPS) is 18.4. The summed E-state index contributed by atoms with van der Waals surface area (Å²) in [7, 11) is 1.58. The largest absolute Gasteiger partial charge is 0.497 e. The van der Waals surface area contributed by atoms with Gasteiger partial charge in [-0.1, -0.05) is 52.8 Å². The van der Waals surface area contributed by atoms with Gasteiger partial charge < -0.3 is 14.6 Å². The minimum atomic E-state index is -1.36. The van der Waals surface area contributed by atoms with E-state index in [1.807, 2.05) is 18.2 Å². The van der Waals surface area contributed by atoms with Crippen LogP contribution in [0.5, 0.6) is 11.5 Å². The third kappa shape index (κ3) is 5.83.